The maximum absolute atomic E-state index is 12.5. The highest BCUT2D eigenvalue weighted by atomic mass is 16.5. The van der Waals surface area contributed by atoms with Crippen LogP contribution in [0.15, 0.2) is 60.7 Å². The van der Waals surface area contributed by atoms with Gasteiger partial charge in [-0.1, -0.05) is 50.2 Å². The highest BCUT2D eigenvalue weighted by Gasteiger charge is 2.26. The molecule has 0 N–H and O–H groups in total. The van der Waals surface area contributed by atoms with Crippen molar-refractivity contribution in [2.75, 3.05) is 31.1 Å². The number of piperidine rings is 1. The Bertz CT molecular complexity index is 729. The van der Waals surface area contributed by atoms with E-state index in [-0.39, 0.29) is 19.1 Å². The van der Waals surface area contributed by atoms with Gasteiger partial charge in [-0.2, -0.15) is 0 Å². The van der Waals surface area contributed by atoms with Crippen molar-refractivity contribution in [3.63, 3.8) is 0 Å². The van der Waals surface area contributed by atoms with Gasteiger partial charge in [0.25, 0.3) is 5.91 Å². The lowest BCUT2D eigenvalue weighted by molar-refractivity contribution is -0.152. The molecule has 148 valence electrons. The maximum atomic E-state index is 12.5. The fourth-order valence-electron chi connectivity index (χ4n) is 3.82. The van der Waals surface area contributed by atoms with Gasteiger partial charge in [0.05, 0.1) is 0 Å². The van der Waals surface area contributed by atoms with Crippen LogP contribution in [0.3, 0.4) is 0 Å². The number of carbonyl (C=O) groups excluding carboxylic acids is 2. The predicted molar refractivity (Wildman–Crippen MR) is 110 cm³/mol. The lowest BCUT2D eigenvalue weighted by atomic mass is 9.92. The van der Waals surface area contributed by atoms with Crippen LogP contribution in [0.4, 0.5) is 11.4 Å². The molecule has 0 aliphatic carbocycles. The predicted octanol–water partition coefficient (Wildman–Crippen LogP) is 3.87. The number of esters is 1. The van der Waals surface area contributed by atoms with E-state index in [1.807, 2.05) is 70.5 Å². The second-order valence-electron chi connectivity index (χ2n) is 7.66. The van der Waals surface area contributed by atoms with E-state index in [0.29, 0.717) is 11.8 Å². The molecule has 0 bridgehead atoms. The molecule has 1 amide bonds. The Hall–Kier alpha value is -2.82. The molecule has 0 saturated carbocycles. The lowest BCUT2D eigenvalue weighted by Crippen LogP contribution is -2.44. The van der Waals surface area contributed by atoms with Crippen molar-refractivity contribution in [1.82, 2.24) is 4.90 Å². The third-order valence-corrected chi connectivity index (χ3v) is 5.00. The minimum absolute atomic E-state index is 0.0497. The van der Waals surface area contributed by atoms with E-state index >= 15 is 0 Å². The zero-order valence-corrected chi connectivity index (χ0v) is 16.6. The Balaban J connectivity index is 1.60. The molecule has 3 rings (SSSR count). The van der Waals surface area contributed by atoms with Crippen molar-refractivity contribution in [1.29, 1.82) is 0 Å². The SMILES string of the molecule is CC1CC(C)CN(C(=O)COC(=O)CN(c2ccccc2)c2ccccc2)C1. The zero-order valence-electron chi connectivity index (χ0n) is 16.6. The van der Waals surface area contributed by atoms with E-state index in [1.54, 1.807) is 0 Å². The Labute approximate surface area is 166 Å². The number of para-hydroxylation sites is 2. The number of rotatable bonds is 6. The van der Waals surface area contributed by atoms with E-state index in [0.717, 1.165) is 30.9 Å². The molecule has 28 heavy (non-hydrogen) atoms. The third-order valence-electron chi connectivity index (χ3n) is 5.00. The quantitative estimate of drug-likeness (QED) is 0.714. The molecule has 0 spiro atoms. The molecule has 0 radical (unpaired) electrons. The summed E-state index contributed by atoms with van der Waals surface area (Å²) in [5.41, 5.74) is 1.80. The fraction of sp³-hybridized carbons (Fsp3) is 0.391. The summed E-state index contributed by atoms with van der Waals surface area (Å²) in [7, 11) is 0. The molecular formula is C23H28N2O3. The largest absolute Gasteiger partial charge is 0.454 e. The number of benzene rings is 2. The second kappa shape index (κ2) is 9.40. The summed E-state index contributed by atoms with van der Waals surface area (Å²) in [5.74, 6) is 0.432. The van der Waals surface area contributed by atoms with Crippen molar-refractivity contribution in [3.05, 3.63) is 60.7 Å². The minimum atomic E-state index is -0.417. The molecule has 5 nitrogen and oxygen atoms in total. The van der Waals surface area contributed by atoms with Gasteiger partial charge >= 0.3 is 5.97 Å². The first kappa shape index (κ1) is 19.9. The van der Waals surface area contributed by atoms with Gasteiger partial charge in [-0.15, -0.1) is 0 Å². The molecular weight excluding hydrogens is 352 g/mol. The molecule has 1 heterocycles. The Morgan fingerprint density at radius 3 is 1.93 bits per heavy atom. The van der Waals surface area contributed by atoms with Crippen LogP contribution in [0, 0.1) is 11.8 Å². The summed E-state index contributed by atoms with van der Waals surface area (Å²) in [6, 6.07) is 19.4. The number of hydrogen-bond donors (Lipinski definition) is 0. The molecule has 2 atom stereocenters. The van der Waals surface area contributed by atoms with Crippen LogP contribution in [0.25, 0.3) is 0 Å². The lowest BCUT2D eigenvalue weighted by Gasteiger charge is -2.34. The first-order valence-corrected chi connectivity index (χ1v) is 9.84. The van der Waals surface area contributed by atoms with Crippen molar-refractivity contribution in [2.45, 2.75) is 20.3 Å². The van der Waals surface area contributed by atoms with Crippen molar-refractivity contribution >= 4 is 23.3 Å². The topological polar surface area (TPSA) is 49.9 Å². The number of ether oxygens (including phenoxy) is 1. The van der Waals surface area contributed by atoms with Crippen molar-refractivity contribution < 1.29 is 14.3 Å². The summed E-state index contributed by atoms with van der Waals surface area (Å²) >= 11 is 0. The fourth-order valence-corrected chi connectivity index (χ4v) is 3.82. The van der Waals surface area contributed by atoms with Gasteiger partial charge in [0.1, 0.15) is 6.54 Å². The average Bonchev–Trinajstić information content (AvgIpc) is 2.71. The van der Waals surface area contributed by atoms with E-state index in [4.69, 9.17) is 4.74 Å². The zero-order chi connectivity index (χ0) is 19.9. The summed E-state index contributed by atoms with van der Waals surface area (Å²) in [4.78, 5) is 28.6. The molecule has 2 aromatic rings. The van der Waals surface area contributed by atoms with Crippen LogP contribution in [-0.4, -0.2) is 43.0 Å². The van der Waals surface area contributed by atoms with Gasteiger partial charge in [-0.05, 0) is 42.5 Å². The summed E-state index contributed by atoms with van der Waals surface area (Å²) in [6.07, 6.45) is 1.13. The van der Waals surface area contributed by atoms with Crippen LogP contribution in [0.1, 0.15) is 20.3 Å². The van der Waals surface area contributed by atoms with Gasteiger partial charge in [-0.25, -0.2) is 0 Å². The van der Waals surface area contributed by atoms with E-state index < -0.39 is 5.97 Å². The van der Waals surface area contributed by atoms with Crippen LogP contribution in [0.5, 0.6) is 0 Å². The Kier molecular flexibility index (Phi) is 6.69. The second-order valence-corrected chi connectivity index (χ2v) is 7.66. The van der Waals surface area contributed by atoms with Gasteiger partial charge in [-0.3, -0.25) is 9.59 Å². The standard InChI is InChI=1S/C23H28N2O3/c1-18-13-19(2)15-24(14-18)22(26)17-28-23(27)16-25(20-9-5-3-6-10-20)21-11-7-4-8-12-21/h3-12,18-19H,13-17H2,1-2H3. The maximum Gasteiger partial charge on any atom is 0.326 e. The normalized spacial score (nSPS) is 19.1. The van der Waals surface area contributed by atoms with Crippen molar-refractivity contribution in [2.24, 2.45) is 11.8 Å². The minimum Gasteiger partial charge on any atom is -0.454 e. The van der Waals surface area contributed by atoms with E-state index in [1.165, 1.54) is 0 Å². The summed E-state index contributed by atoms with van der Waals surface area (Å²) in [6.45, 7) is 5.63. The third kappa shape index (κ3) is 5.35. The van der Waals surface area contributed by atoms with Gasteiger partial charge in [0.15, 0.2) is 6.61 Å². The van der Waals surface area contributed by atoms with E-state index in [2.05, 4.69) is 13.8 Å². The molecule has 1 saturated heterocycles. The molecule has 1 fully saturated rings. The van der Waals surface area contributed by atoms with Crippen LogP contribution >= 0.6 is 0 Å². The number of nitrogens with zero attached hydrogens (tertiary/aromatic N) is 2. The number of hydrogen-bond acceptors (Lipinski definition) is 4. The molecule has 2 unspecified atom stereocenters. The molecule has 1 aliphatic heterocycles. The number of likely N-dealkylation sites (tertiary alicyclic amines) is 1. The van der Waals surface area contributed by atoms with Crippen LogP contribution in [0.2, 0.25) is 0 Å². The van der Waals surface area contributed by atoms with Gasteiger partial charge < -0.3 is 14.5 Å². The Morgan fingerprint density at radius 2 is 1.43 bits per heavy atom. The molecule has 1 aliphatic rings. The first-order valence-electron chi connectivity index (χ1n) is 9.84. The first-order chi connectivity index (χ1) is 13.5. The number of anilines is 2. The summed E-state index contributed by atoms with van der Waals surface area (Å²) in [5, 5.41) is 0. The molecule has 0 aromatic heterocycles. The monoisotopic (exact) mass is 380 g/mol. The van der Waals surface area contributed by atoms with Gasteiger partial charge in [0, 0.05) is 24.5 Å². The molecule has 5 heteroatoms. The van der Waals surface area contributed by atoms with Crippen molar-refractivity contribution in [3.8, 4) is 0 Å². The van der Waals surface area contributed by atoms with Gasteiger partial charge in [0.2, 0.25) is 0 Å². The smallest absolute Gasteiger partial charge is 0.326 e. The van der Waals surface area contributed by atoms with Crippen LogP contribution < -0.4 is 4.90 Å². The molecule has 2 aromatic carbocycles. The van der Waals surface area contributed by atoms with E-state index in [9.17, 15) is 9.59 Å². The number of amides is 1. The van der Waals surface area contributed by atoms with Crippen LogP contribution in [-0.2, 0) is 14.3 Å². The Morgan fingerprint density at radius 1 is 0.929 bits per heavy atom. The average molecular weight is 380 g/mol. The highest BCUT2D eigenvalue weighted by molar-refractivity contribution is 5.84. The highest BCUT2D eigenvalue weighted by Crippen LogP contribution is 2.24. The summed E-state index contributed by atoms with van der Waals surface area (Å²) < 4.78 is 5.33. The number of carbonyl (C=O) groups is 2.